The maximum Gasteiger partial charge on any atom is 0.246 e. The predicted octanol–water partition coefficient (Wildman–Crippen LogP) is 0.669. The first-order valence-corrected chi connectivity index (χ1v) is 3.87. The summed E-state index contributed by atoms with van der Waals surface area (Å²) in [5.74, 6) is -0.149. The molecule has 0 atom stereocenters. The van der Waals surface area contributed by atoms with Gasteiger partial charge < -0.3 is 5.32 Å². The lowest BCUT2D eigenvalue weighted by Crippen LogP contribution is -2.23. The normalized spacial score (nSPS) is 9.31. The number of aromatic nitrogens is 2. The molecule has 0 saturated carbocycles. The average Bonchev–Trinajstić information content (AvgIpc) is 2.15. The van der Waals surface area contributed by atoms with Gasteiger partial charge in [-0.15, -0.1) is 0 Å². The maximum absolute atomic E-state index is 11.1. The second-order valence-corrected chi connectivity index (χ2v) is 2.71. The molecule has 0 unspecified atom stereocenters. The molecule has 1 rings (SSSR count). The SMILES string of the molecule is C=C(C)C(=O)NCc1cncnc1. The average molecular weight is 177 g/mol. The van der Waals surface area contributed by atoms with Crippen LogP contribution < -0.4 is 5.32 Å². The molecule has 13 heavy (non-hydrogen) atoms. The van der Waals surface area contributed by atoms with Crippen molar-refractivity contribution in [1.82, 2.24) is 15.3 Å². The molecule has 1 amide bonds. The smallest absolute Gasteiger partial charge is 0.246 e. The Hall–Kier alpha value is -1.71. The van der Waals surface area contributed by atoms with Gasteiger partial charge in [0.05, 0.1) is 0 Å². The highest BCUT2D eigenvalue weighted by atomic mass is 16.1. The van der Waals surface area contributed by atoms with Gasteiger partial charge in [0, 0.05) is 30.1 Å². The molecule has 4 heteroatoms. The van der Waals surface area contributed by atoms with Crippen molar-refractivity contribution in [1.29, 1.82) is 0 Å². The Labute approximate surface area is 76.7 Å². The van der Waals surface area contributed by atoms with Gasteiger partial charge >= 0.3 is 0 Å². The predicted molar refractivity (Wildman–Crippen MR) is 48.7 cm³/mol. The highest BCUT2D eigenvalue weighted by molar-refractivity contribution is 5.91. The Morgan fingerprint density at radius 2 is 2.15 bits per heavy atom. The Morgan fingerprint density at radius 1 is 1.54 bits per heavy atom. The Balaban J connectivity index is 2.44. The van der Waals surface area contributed by atoms with Crippen LogP contribution in [0.25, 0.3) is 0 Å². The largest absolute Gasteiger partial charge is 0.348 e. The van der Waals surface area contributed by atoms with Crippen LogP contribution in [-0.2, 0) is 11.3 Å². The number of nitrogens with zero attached hydrogens (tertiary/aromatic N) is 2. The molecule has 0 aromatic carbocycles. The second-order valence-electron chi connectivity index (χ2n) is 2.71. The quantitative estimate of drug-likeness (QED) is 0.690. The van der Waals surface area contributed by atoms with Crippen LogP contribution in [0, 0.1) is 0 Å². The van der Waals surface area contributed by atoms with Crippen molar-refractivity contribution in [3.63, 3.8) is 0 Å². The van der Waals surface area contributed by atoms with Crippen molar-refractivity contribution in [2.45, 2.75) is 13.5 Å². The number of carbonyl (C=O) groups is 1. The third kappa shape index (κ3) is 3.02. The lowest BCUT2D eigenvalue weighted by Gasteiger charge is -2.02. The summed E-state index contributed by atoms with van der Waals surface area (Å²) < 4.78 is 0. The standard InChI is InChI=1S/C9H11N3O/c1-7(2)9(13)12-5-8-3-10-6-11-4-8/h3-4,6H,1,5H2,2H3,(H,12,13). The van der Waals surface area contributed by atoms with Crippen LogP contribution in [0.15, 0.2) is 30.9 Å². The number of amides is 1. The lowest BCUT2D eigenvalue weighted by molar-refractivity contribution is -0.117. The number of rotatable bonds is 3. The molecular weight excluding hydrogens is 166 g/mol. The molecule has 0 aliphatic heterocycles. The summed E-state index contributed by atoms with van der Waals surface area (Å²) in [4.78, 5) is 18.7. The van der Waals surface area contributed by atoms with Crippen LogP contribution in [0.2, 0.25) is 0 Å². The van der Waals surface area contributed by atoms with E-state index in [4.69, 9.17) is 0 Å². The van der Waals surface area contributed by atoms with E-state index in [-0.39, 0.29) is 5.91 Å². The topological polar surface area (TPSA) is 54.9 Å². The third-order valence-corrected chi connectivity index (χ3v) is 1.45. The van der Waals surface area contributed by atoms with E-state index >= 15 is 0 Å². The van der Waals surface area contributed by atoms with E-state index in [9.17, 15) is 4.79 Å². The zero-order valence-corrected chi connectivity index (χ0v) is 7.45. The Kier molecular flexibility index (Phi) is 3.14. The van der Waals surface area contributed by atoms with Crippen molar-refractivity contribution in [3.05, 3.63) is 36.4 Å². The van der Waals surface area contributed by atoms with E-state index in [0.717, 1.165) is 5.56 Å². The molecule has 68 valence electrons. The third-order valence-electron chi connectivity index (χ3n) is 1.45. The van der Waals surface area contributed by atoms with Gasteiger partial charge in [0.15, 0.2) is 0 Å². The van der Waals surface area contributed by atoms with Crippen LogP contribution in [0.3, 0.4) is 0 Å². The molecule has 1 aromatic rings. The zero-order chi connectivity index (χ0) is 9.68. The Bertz CT molecular complexity index is 308. The van der Waals surface area contributed by atoms with Gasteiger partial charge in [-0.2, -0.15) is 0 Å². The van der Waals surface area contributed by atoms with Gasteiger partial charge in [-0.25, -0.2) is 9.97 Å². The van der Waals surface area contributed by atoms with E-state index in [1.807, 2.05) is 0 Å². The van der Waals surface area contributed by atoms with Gasteiger partial charge in [0.1, 0.15) is 6.33 Å². The van der Waals surface area contributed by atoms with Crippen molar-refractivity contribution in [2.24, 2.45) is 0 Å². The first-order chi connectivity index (χ1) is 6.20. The summed E-state index contributed by atoms with van der Waals surface area (Å²) >= 11 is 0. The molecule has 0 spiro atoms. The molecule has 1 N–H and O–H groups in total. The summed E-state index contributed by atoms with van der Waals surface area (Å²) in [6, 6.07) is 0. The fourth-order valence-electron chi connectivity index (χ4n) is 0.754. The van der Waals surface area contributed by atoms with Crippen LogP contribution in [0.4, 0.5) is 0 Å². The van der Waals surface area contributed by atoms with Gasteiger partial charge in [0.25, 0.3) is 0 Å². The van der Waals surface area contributed by atoms with Gasteiger partial charge in [0.2, 0.25) is 5.91 Å². The molecule has 1 aromatic heterocycles. The Morgan fingerprint density at radius 3 is 2.69 bits per heavy atom. The van der Waals surface area contributed by atoms with Gasteiger partial charge in [-0.05, 0) is 6.92 Å². The van der Waals surface area contributed by atoms with E-state index in [1.54, 1.807) is 19.3 Å². The van der Waals surface area contributed by atoms with Crippen LogP contribution in [0.5, 0.6) is 0 Å². The molecule has 1 heterocycles. The van der Waals surface area contributed by atoms with E-state index in [1.165, 1.54) is 6.33 Å². The molecule has 0 fully saturated rings. The monoisotopic (exact) mass is 177 g/mol. The summed E-state index contributed by atoms with van der Waals surface area (Å²) in [5, 5.41) is 2.68. The van der Waals surface area contributed by atoms with Crippen LogP contribution in [0.1, 0.15) is 12.5 Å². The van der Waals surface area contributed by atoms with Crippen molar-refractivity contribution < 1.29 is 4.79 Å². The van der Waals surface area contributed by atoms with Crippen molar-refractivity contribution in [3.8, 4) is 0 Å². The minimum absolute atomic E-state index is 0.149. The highest BCUT2D eigenvalue weighted by Gasteiger charge is 2.00. The number of carbonyl (C=O) groups excluding carboxylic acids is 1. The minimum Gasteiger partial charge on any atom is -0.348 e. The highest BCUT2D eigenvalue weighted by Crippen LogP contribution is 1.93. The number of hydrogen-bond acceptors (Lipinski definition) is 3. The maximum atomic E-state index is 11.1. The molecule has 0 radical (unpaired) electrons. The summed E-state index contributed by atoms with van der Waals surface area (Å²) in [5.41, 5.74) is 1.37. The summed E-state index contributed by atoms with van der Waals surface area (Å²) in [6.07, 6.45) is 4.77. The van der Waals surface area contributed by atoms with E-state index in [0.29, 0.717) is 12.1 Å². The van der Waals surface area contributed by atoms with Crippen LogP contribution >= 0.6 is 0 Å². The lowest BCUT2D eigenvalue weighted by atomic mass is 10.3. The molecule has 0 aliphatic carbocycles. The number of hydrogen-bond donors (Lipinski definition) is 1. The molecular formula is C9H11N3O. The van der Waals surface area contributed by atoms with Crippen molar-refractivity contribution >= 4 is 5.91 Å². The molecule has 0 aliphatic rings. The molecule has 4 nitrogen and oxygen atoms in total. The zero-order valence-electron chi connectivity index (χ0n) is 7.45. The van der Waals surface area contributed by atoms with Gasteiger partial charge in [-0.1, -0.05) is 6.58 Å². The molecule has 0 bridgehead atoms. The fraction of sp³-hybridized carbons (Fsp3) is 0.222. The first kappa shape index (κ1) is 9.38. The van der Waals surface area contributed by atoms with E-state index < -0.39 is 0 Å². The number of nitrogens with one attached hydrogen (secondary N) is 1. The van der Waals surface area contributed by atoms with Crippen molar-refractivity contribution in [2.75, 3.05) is 0 Å². The van der Waals surface area contributed by atoms with Gasteiger partial charge in [-0.3, -0.25) is 4.79 Å². The fourth-order valence-corrected chi connectivity index (χ4v) is 0.754. The first-order valence-electron chi connectivity index (χ1n) is 3.87. The molecule has 0 saturated heterocycles. The van der Waals surface area contributed by atoms with E-state index in [2.05, 4.69) is 21.9 Å². The second kappa shape index (κ2) is 4.35. The van der Waals surface area contributed by atoms with Crippen LogP contribution in [-0.4, -0.2) is 15.9 Å². The summed E-state index contributed by atoms with van der Waals surface area (Å²) in [7, 11) is 0. The summed E-state index contributed by atoms with van der Waals surface area (Å²) in [6.45, 7) is 5.62. The minimum atomic E-state index is -0.149.